The van der Waals surface area contributed by atoms with Crippen LogP contribution in [0.3, 0.4) is 0 Å². The first-order chi connectivity index (χ1) is 9.24. The Kier molecular flexibility index (Phi) is 3.03. The van der Waals surface area contributed by atoms with Crippen LogP contribution in [0, 0.1) is 0 Å². The van der Waals surface area contributed by atoms with Gasteiger partial charge in [0.25, 0.3) is 0 Å². The van der Waals surface area contributed by atoms with Crippen LogP contribution >= 0.6 is 0 Å². The molecule has 0 aromatic heterocycles. The van der Waals surface area contributed by atoms with Crippen molar-refractivity contribution in [2.24, 2.45) is 0 Å². The van der Waals surface area contributed by atoms with E-state index in [0.717, 1.165) is 17.7 Å². The maximum absolute atomic E-state index is 11.1. The van der Waals surface area contributed by atoms with E-state index in [9.17, 15) is 5.11 Å². The van der Waals surface area contributed by atoms with Gasteiger partial charge in [-0.3, -0.25) is 0 Å². The normalized spacial score (nSPS) is 20.4. The van der Waals surface area contributed by atoms with Gasteiger partial charge in [0.2, 0.25) is 0 Å². The van der Waals surface area contributed by atoms with E-state index in [1.807, 2.05) is 43.3 Å². The summed E-state index contributed by atoms with van der Waals surface area (Å²) in [5.41, 5.74) is 2.61. The van der Waals surface area contributed by atoms with E-state index in [1.54, 1.807) is 0 Å². The van der Waals surface area contributed by atoms with Crippen molar-refractivity contribution in [1.29, 1.82) is 0 Å². The Morgan fingerprint density at radius 3 is 2.47 bits per heavy atom. The molecule has 0 radical (unpaired) electrons. The van der Waals surface area contributed by atoms with Crippen molar-refractivity contribution in [3.8, 4) is 0 Å². The fourth-order valence-corrected chi connectivity index (χ4v) is 2.96. The Morgan fingerprint density at radius 1 is 1.11 bits per heavy atom. The number of hydrogen-bond donors (Lipinski definition) is 2. The highest BCUT2D eigenvalue weighted by atomic mass is 16.3. The first-order valence-electron chi connectivity index (χ1n) is 6.86. The molecule has 2 aromatic rings. The minimum absolute atomic E-state index is 0.0392. The van der Waals surface area contributed by atoms with Gasteiger partial charge in [-0.2, -0.15) is 0 Å². The van der Waals surface area contributed by atoms with Crippen molar-refractivity contribution >= 4 is 5.69 Å². The largest absolute Gasteiger partial charge is 0.383 e. The number of benzene rings is 2. The molecular weight excluding hydrogens is 234 g/mol. The standard InChI is InChI=1S/C17H19NO/c1-2-17(19,14-9-4-3-5-10-14)16-12-13-8-6-7-11-15(13)18-16/h3-11,16,18-19H,2,12H2,1H3. The molecule has 0 fully saturated rings. The van der Waals surface area contributed by atoms with E-state index in [0.29, 0.717) is 6.42 Å². The molecule has 19 heavy (non-hydrogen) atoms. The average Bonchev–Trinajstić information content (AvgIpc) is 2.92. The van der Waals surface area contributed by atoms with E-state index < -0.39 is 5.60 Å². The van der Waals surface area contributed by atoms with Crippen LogP contribution in [0.5, 0.6) is 0 Å². The second-order valence-electron chi connectivity index (χ2n) is 5.20. The minimum atomic E-state index is -0.819. The molecule has 1 heterocycles. The zero-order valence-corrected chi connectivity index (χ0v) is 11.1. The quantitative estimate of drug-likeness (QED) is 0.879. The minimum Gasteiger partial charge on any atom is -0.383 e. The van der Waals surface area contributed by atoms with Crippen molar-refractivity contribution in [2.75, 3.05) is 5.32 Å². The molecule has 2 aromatic carbocycles. The molecule has 98 valence electrons. The second-order valence-corrected chi connectivity index (χ2v) is 5.20. The van der Waals surface area contributed by atoms with Gasteiger partial charge in [-0.05, 0) is 30.0 Å². The molecule has 0 aliphatic carbocycles. The lowest BCUT2D eigenvalue weighted by atomic mass is 9.83. The molecule has 1 aliphatic heterocycles. The summed E-state index contributed by atoms with van der Waals surface area (Å²) in [5.74, 6) is 0. The van der Waals surface area contributed by atoms with Crippen LogP contribution in [-0.2, 0) is 12.0 Å². The summed E-state index contributed by atoms with van der Waals surface area (Å²) in [5, 5.41) is 14.6. The predicted molar refractivity (Wildman–Crippen MR) is 78.2 cm³/mol. The maximum Gasteiger partial charge on any atom is 0.110 e. The zero-order chi connectivity index (χ0) is 13.3. The summed E-state index contributed by atoms with van der Waals surface area (Å²) in [6.45, 7) is 2.04. The van der Waals surface area contributed by atoms with Gasteiger partial charge < -0.3 is 10.4 Å². The Bertz CT molecular complexity index is 541. The molecule has 0 bridgehead atoms. The maximum atomic E-state index is 11.1. The third-order valence-corrected chi connectivity index (χ3v) is 4.16. The number of anilines is 1. The van der Waals surface area contributed by atoms with Crippen molar-refractivity contribution < 1.29 is 5.11 Å². The van der Waals surface area contributed by atoms with Crippen LogP contribution in [-0.4, -0.2) is 11.1 Å². The molecule has 0 spiro atoms. The van der Waals surface area contributed by atoms with Crippen LogP contribution in [0.25, 0.3) is 0 Å². The van der Waals surface area contributed by atoms with Crippen LogP contribution in [0.1, 0.15) is 24.5 Å². The molecule has 1 aliphatic rings. The van der Waals surface area contributed by atoms with E-state index in [1.165, 1.54) is 5.56 Å². The van der Waals surface area contributed by atoms with Gasteiger partial charge in [0, 0.05) is 5.69 Å². The van der Waals surface area contributed by atoms with E-state index in [2.05, 4.69) is 23.5 Å². The fraction of sp³-hybridized carbons (Fsp3) is 0.294. The predicted octanol–water partition coefficient (Wildman–Crippen LogP) is 3.32. The van der Waals surface area contributed by atoms with Crippen molar-refractivity contribution in [2.45, 2.75) is 31.4 Å². The van der Waals surface area contributed by atoms with Crippen molar-refractivity contribution in [3.63, 3.8) is 0 Å². The van der Waals surface area contributed by atoms with E-state index in [4.69, 9.17) is 0 Å². The fourth-order valence-electron chi connectivity index (χ4n) is 2.96. The zero-order valence-electron chi connectivity index (χ0n) is 11.1. The number of para-hydroxylation sites is 1. The monoisotopic (exact) mass is 253 g/mol. The molecule has 2 heteroatoms. The molecule has 2 unspecified atom stereocenters. The van der Waals surface area contributed by atoms with Crippen LogP contribution < -0.4 is 5.32 Å². The van der Waals surface area contributed by atoms with Gasteiger partial charge in [0.1, 0.15) is 5.60 Å². The molecule has 2 N–H and O–H groups in total. The lowest BCUT2D eigenvalue weighted by molar-refractivity contribution is 0.0142. The molecule has 2 atom stereocenters. The molecule has 2 nitrogen and oxygen atoms in total. The summed E-state index contributed by atoms with van der Waals surface area (Å²) in [6, 6.07) is 18.3. The van der Waals surface area contributed by atoms with Crippen LogP contribution in [0.4, 0.5) is 5.69 Å². The van der Waals surface area contributed by atoms with Gasteiger partial charge in [-0.15, -0.1) is 0 Å². The topological polar surface area (TPSA) is 32.3 Å². The Hall–Kier alpha value is -1.80. The van der Waals surface area contributed by atoms with Gasteiger partial charge in [-0.25, -0.2) is 0 Å². The molecule has 0 amide bonds. The third kappa shape index (κ3) is 2.02. The molecule has 0 saturated carbocycles. The smallest absolute Gasteiger partial charge is 0.110 e. The molecule has 3 rings (SSSR count). The molecule has 0 saturated heterocycles. The lowest BCUT2D eigenvalue weighted by Crippen LogP contribution is -2.43. The number of fused-ring (bicyclic) bond motifs is 1. The number of rotatable bonds is 3. The van der Waals surface area contributed by atoms with Crippen LogP contribution in [0.2, 0.25) is 0 Å². The summed E-state index contributed by atoms with van der Waals surface area (Å²) in [6.07, 6.45) is 1.57. The summed E-state index contributed by atoms with van der Waals surface area (Å²) in [7, 11) is 0. The van der Waals surface area contributed by atoms with Crippen LogP contribution in [0.15, 0.2) is 54.6 Å². The highest BCUT2D eigenvalue weighted by molar-refractivity contribution is 5.57. The average molecular weight is 253 g/mol. The van der Waals surface area contributed by atoms with Crippen molar-refractivity contribution in [3.05, 3.63) is 65.7 Å². The van der Waals surface area contributed by atoms with E-state index >= 15 is 0 Å². The van der Waals surface area contributed by atoms with Gasteiger partial charge >= 0.3 is 0 Å². The lowest BCUT2D eigenvalue weighted by Gasteiger charge is -2.34. The Balaban J connectivity index is 1.93. The third-order valence-electron chi connectivity index (χ3n) is 4.16. The Labute approximate surface area is 114 Å². The van der Waals surface area contributed by atoms with Gasteiger partial charge in [-0.1, -0.05) is 55.5 Å². The summed E-state index contributed by atoms with van der Waals surface area (Å²) >= 11 is 0. The summed E-state index contributed by atoms with van der Waals surface area (Å²) < 4.78 is 0. The number of aliphatic hydroxyl groups is 1. The highest BCUT2D eigenvalue weighted by Crippen LogP contribution is 2.37. The SMILES string of the molecule is CCC(O)(c1ccccc1)C1Cc2ccccc2N1. The van der Waals surface area contributed by atoms with E-state index in [-0.39, 0.29) is 6.04 Å². The van der Waals surface area contributed by atoms with Gasteiger partial charge in [0.15, 0.2) is 0 Å². The highest BCUT2D eigenvalue weighted by Gasteiger charge is 2.39. The first-order valence-corrected chi connectivity index (χ1v) is 6.86. The number of nitrogens with one attached hydrogen (secondary N) is 1. The summed E-state index contributed by atoms with van der Waals surface area (Å²) in [4.78, 5) is 0. The first kappa shape index (κ1) is 12.2. The Morgan fingerprint density at radius 2 is 1.79 bits per heavy atom. The van der Waals surface area contributed by atoms with Crippen molar-refractivity contribution in [1.82, 2.24) is 0 Å². The molecular formula is C17H19NO. The second kappa shape index (κ2) is 4.71. The van der Waals surface area contributed by atoms with Gasteiger partial charge in [0.05, 0.1) is 6.04 Å². The number of hydrogen-bond acceptors (Lipinski definition) is 2.